The SMILES string of the molecule is CCC(Oc1ccc(Cl)cc1)C(=O)NC(C)c1cc(C)c(C)cc1C. The van der Waals surface area contributed by atoms with E-state index in [0.29, 0.717) is 17.2 Å². The minimum absolute atomic E-state index is 0.0744. The Bertz CT molecular complexity index is 740. The van der Waals surface area contributed by atoms with Crippen LogP contribution in [0.3, 0.4) is 0 Å². The highest BCUT2D eigenvalue weighted by molar-refractivity contribution is 6.30. The van der Waals surface area contributed by atoms with Crippen LogP contribution in [0, 0.1) is 20.8 Å². The maximum Gasteiger partial charge on any atom is 0.261 e. The molecule has 0 bridgehead atoms. The number of nitrogens with one attached hydrogen (secondary N) is 1. The molecule has 3 nitrogen and oxygen atoms in total. The number of aryl methyl sites for hydroxylation is 3. The van der Waals surface area contributed by atoms with Gasteiger partial charge in [-0.25, -0.2) is 0 Å². The fraction of sp³-hybridized carbons (Fsp3) is 0.381. The third kappa shape index (κ3) is 4.99. The van der Waals surface area contributed by atoms with Crippen molar-refractivity contribution in [1.29, 1.82) is 0 Å². The lowest BCUT2D eigenvalue weighted by atomic mass is 9.96. The number of amides is 1. The fourth-order valence-corrected chi connectivity index (χ4v) is 2.96. The predicted molar refractivity (Wildman–Crippen MR) is 103 cm³/mol. The van der Waals surface area contributed by atoms with Crippen LogP contribution < -0.4 is 10.1 Å². The molecule has 1 N–H and O–H groups in total. The minimum atomic E-state index is -0.532. The fourth-order valence-electron chi connectivity index (χ4n) is 2.83. The van der Waals surface area contributed by atoms with Gasteiger partial charge in [0.15, 0.2) is 6.10 Å². The maximum absolute atomic E-state index is 12.6. The van der Waals surface area contributed by atoms with Gasteiger partial charge in [0, 0.05) is 5.02 Å². The summed E-state index contributed by atoms with van der Waals surface area (Å²) in [6.07, 6.45) is 0.0584. The first-order valence-electron chi connectivity index (χ1n) is 8.62. The molecule has 2 aromatic carbocycles. The van der Waals surface area contributed by atoms with Gasteiger partial charge in [-0.15, -0.1) is 0 Å². The van der Waals surface area contributed by atoms with E-state index >= 15 is 0 Å². The van der Waals surface area contributed by atoms with E-state index in [9.17, 15) is 4.79 Å². The van der Waals surface area contributed by atoms with Gasteiger partial charge in [-0.2, -0.15) is 0 Å². The third-order valence-electron chi connectivity index (χ3n) is 4.46. The highest BCUT2D eigenvalue weighted by Gasteiger charge is 2.21. The molecule has 134 valence electrons. The second-order valence-electron chi connectivity index (χ2n) is 6.49. The van der Waals surface area contributed by atoms with Crippen LogP contribution in [0.1, 0.15) is 48.6 Å². The average Bonchev–Trinajstić information content (AvgIpc) is 2.57. The van der Waals surface area contributed by atoms with Gasteiger partial charge in [0.25, 0.3) is 5.91 Å². The topological polar surface area (TPSA) is 38.3 Å². The van der Waals surface area contributed by atoms with E-state index in [0.717, 1.165) is 5.56 Å². The van der Waals surface area contributed by atoms with Gasteiger partial charge in [-0.1, -0.05) is 30.7 Å². The smallest absolute Gasteiger partial charge is 0.261 e. The van der Waals surface area contributed by atoms with E-state index in [1.807, 2.05) is 13.8 Å². The van der Waals surface area contributed by atoms with Gasteiger partial charge in [-0.05, 0) is 80.6 Å². The van der Waals surface area contributed by atoms with Gasteiger partial charge in [0.2, 0.25) is 0 Å². The molecular formula is C21H26ClNO2. The average molecular weight is 360 g/mol. The Morgan fingerprint density at radius 1 is 1.08 bits per heavy atom. The molecular weight excluding hydrogens is 334 g/mol. The zero-order chi connectivity index (χ0) is 18.6. The Balaban J connectivity index is 2.08. The summed E-state index contributed by atoms with van der Waals surface area (Å²) in [6.45, 7) is 10.2. The molecule has 4 heteroatoms. The summed E-state index contributed by atoms with van der Waals surface area (Å²) in [6, 6.07) is 11.3. The largest absolute Gasteiger partial charge is 0.481 e. The summed E-state index contributed by atoms with van der Waals surface area (Å²) in [5, 5.41) is 3.72. The summed E-state index contributed by atoms with van der Waals surface area (Å²) in [7, 11) is 0. The lowest BCUT2D eigenvalue weighted by Gasteiger charge is -2.22. The molecule has 2 atom stereocenters. The van der Waals surface area contributed by atoms with Crippen LogP contribution >= 0.6 is 11.6 Å². The van der Waals surface area contributed by atoms with Crippen molar-refractivity contribution in [3.63, 3.8) is 0 Å². The molecule has 0 saturated heterocycles. The van der Waals surface area contributed by atoms with E-state index in [4.69, 9.17) is 16.3 Å². The molecule has 0 aliphatic rings. The first-order chi connectivity index (χ1) is 11.8. The molecule has 2 aromatic rings. The lowest BCUT2D eigenvalue weighted by molar-refractivity contribution is -0.128. The Hall–Kier alpha value is -2.00. The molecule has 0 fully saturated rings. The van der Waals surface area contributed by atoms with Gasteiger partial charge in [0.1, 0.15) is 5.75 Å². The minimum Gasteiger partial charge on any atom is -0.481 e. The van der Waals surface area contributed by atoms with Crippen LogP contribution in [0.4, 0.5) is 0 Å². The van der Waals surface area contributed by atoms with E-state index < -0.39 is 6.10 Å². The normalized spacial score (nSPS) is 13.2. The van der Waals surface area contributed by atoms with E-state index in [1.54, 1.807) is 24.3 Å². The van der Waals surface area contributed by atoms with E-state index in [-0.39, 0.29) is 11.9 Å². The molecule has 0 heterocycles. The maximum atomic E-state index is 12.6. The van der Waals surface area contributed by atoms with Crippen LogP contribution in [-0.4, -0.2) is 12.0 Å². The van der Waals surface area contributed by atoms with Crippen molar-refractivity contribution in [2.24, 2.45) is 0 Å². The number of hydrogen-bond donors (Lipinski definition) is 1. The van der Waals surface area contributed by atoms with Crippen molar-refractivity contribution in [3.05, 3.63) is 63.7 Å². The van der Waals surface area contributed by atoms with Crippen molar-refractivity contribution >= 4 is 17.5 Å². The monoisotopic (exact) mass is 359 g/mol. The first-order valence-corrected chi connectivity index (χ1v) is 9.00. The first kappa shape index (κ1) is 19.3. The Morgan fingerprint density at radius 3 is 2.28 bits per heavy atom. The van der Waals surface area contributed by atoms with Gasteiger partial charge < -0.3 is 10.1 Å². The Kier molecular flexibility index (Phi) is 6.49. The zero-order valence-electron chi connectivity index (χ0n) is 15.5. The summed E-state index contributed by atoms with van der Waals surface area (Å²) in [5.74, 6) is 0.531. The predicted octanol–water partition coefficient (Wildman–Crippen LogP) is 5.30. The molecule has 0 radical (unpaired) electrons. The Labute approximate surface area is 155 Å². The van der Waals surface area contributed by atoms with Crippen molar-refractivity contribution < 1.29 is 9.53 Å². The molecule has 0 aliphatic carbocycles. The van der Waals surface area contributed by atoms with Crippen molar-refractivity contribution in [2.75, 3.05) is 0 Å². The number of halogens is 1. The van der Waals surface area contributed by atoms with Crippen molar-refractivity contribution in [3.8, 4) is 5.75 Å². The molecule has 1 amide bonds. The summed E-state index contributed by atoms with van der Waals surface area (Å²) in [4.78, 5) is 12.6. The van der Waals surface area contributed by atoms with Crippen molar-refractivity contribution in [1.82, 2.24) is 5.32 Å². The van der Waals surface area contributed by atoms with E-state index in [2.05, 4.69) is 38.2 Å². The van der Waals surface area contributed by atoms with Gasteiger partial charge in [-0.3, -0.25) is 4.79 Å². The number of rotatable bonds is 6. The van der Waals surface area contributed by atoms with Gasteiger partial charge >= 0.3 is 0 Å². The number of carbonyl (C=O) groups excluding carboxylic acids is 1. The molecule has 25 heavy (non-hydrogen) atoms. The zero-order valence-corrected chi connectivity index (χ0v) is 16.3. The second-order valence-corrected chi connectivity index (χ2v) is 6.93. The van der Waals surface area contributed by atoms with Crippen LogP contribution in [0.2, 0.25) is 5.02 Å². The number of carbonyl (C=O) groups is 1. The molecule has 0 spiro atoms. The molecule has 2 unspecified atom stereocenters. The van der Waals surface area contributed by atoms with Crippen LogP contribution in [0.25, 0.3) is 0 Å². The molecule has 0 aromatic heterocycles. The lowest BCUT2D eigenvalue weighted by Crippen LogP contribution is -2.39. The summed E-state index contributed by atoms with van der Waals surface area (Å²) in [5.41, 5.74) is 4.81. The van der Waals surface area contributed by atoms with Crippen LogP contribution in [0.5, 0.6) is 5.75 Å². The van der Waals surface area contributed by atoms with E-state index in [1.165, 1.54) is 16.7 Å². The molecule has 0 saturated carbocycles. The summed E-state index contributed by atoms with van der Waals surface area (Å²) < 4.78 is 5.82. The van der Waals surface area contributed by atoms with Crippen LogP contribution in [0.15, 0.2) is 36.4 Å². The van der Waals surface area contributed by atoms with Crippen LogP contribution in [-0.2, 0) is 4.79 Å². The number of benzene rings is 2. The van der Waals surface area contributed by atoms with Crippen molar-refractivity contribution in [2.45, 2.75) is 53.2 Å². The molecule has 2 rings (SSSR count). The van der Waals surface area contributed by atoms with Gasteiger partial charge in [0.05, 0.1) is 6.04 Å². The number of hydrogen-bond acceptors (Lipinski definition) is 2. The third-order valence-corrected chi connectivity index (χ3v) is 4.71. The number of ether oxygens (including phenoxy) is 1. The highest BCUT2D eigenvalue weighted by Crippen LogP contribution is 2.22. The standard InChI is InChI=1S/C21H26ClNO2/c1-6-20(25-18-9-7-17(22)8-10-18)21(24)23-16(5)19-12-14(3)13(2)11-15(19)4/h7-12,16,20H,6H2,1-5H3,(H,23,24). The molecule has 0 aliphatic heterocycles. The summed E-state index contributed by atoms with van der Waals surface area (Å²) >= 11 is 5.89. The highest BCUT2D eigenvalue weighted by atomic mass is 35.5. The second kappa shape index (κ2) is 8.39. The quantitative estimate of drug-likeness (QED) is 0.760. The Morgan fingerprint density at radius 2 is 1.68 bits per heavy atom.